The van der Waals surface area contributed by atoms with Crippen molar-refractivity contribution in [2.45, 2.75) is 13.8 Å². The van der Waals surface area contributed by atoms with E-state index < -0.39 is 0 Å². The van der Waals surface area contributed by atoms with Crippen LogP contribution >= 0.6 is 0 Å². The van der Waals surface area contributed by atoms with Crippen LogP contribution in [0.3, 0.4) is 0 Å². The molecule has 0 heterocycles. The Morgan fingerprint density at radius 2 is 1.00 bits per heavy atom. The third-order valence-corrected chi connectivity index (χ3v) is 0. The Kier molecular flexibility index (Phi) is 411. The topological polar surface area (TPSA) is 0 Å². The fourth-order valence-corrected chi connectivity index (χ4v) is 0. The van der Waals surface area contributed by atoms with Gasteiger partial charge in [0.15, 0.2) is 0 Å². The first-order valence-corrected chi connectivity index (χ1v) is 1.00. The normalized spacial score (nSPS) is 1.50. The van der Waals surface area contributed by atoms with E-state index in [4.69, 9.17) is 0 Å². The molecule has 0 aromatic carbocycles. The van der Waals surface area contributed by atoms with Gasteiger partial charge in [0.05, 0.1) is 0 Å². The van der Waals surface area contributed by atoms with E-state index in [0.717, 1.165) is 0 Å². The molecule has 0 aromatic heterocycles. The van der Waals surface area contributed by atoms with Gasteiger partial charge in [0, 0.05) is 18.6 Å². The van der Waals surface area contributed by atoms with Gasteiger partial charge in [-0.1, -0.05) is 13.8 Å². The number of hydrogen-bond donors (Lipinski definition) is 0. The largest absolute Gasteiger partial charge is 0.358 e. The average Bonchev–Trinajstić information content (AvgIpc) is 1.00. The quantitative estimate of drug-likeness (QED) is 0.400. The molecule has 0 unspecified atom stereocenters. The summed E-state index contributed by atoms with van der Waals surface area (Å²) in [7, 11) is 0. The summed E-state index contributed by atoms with van der Waals surface area (Å²) in [5.41, 5.74) is 0. The Morgan fingerprint density at radius 3 is 1.00 bits per heavy atom. The monoisotopic (exact) mass is 96.0 g/mol. The van der Waals surface area contributed by atoms with E-state index in [1.165, 1.54) is 0 Å². The maximum absolute atomic E-state index is 2.00. The van der Waals surface area contributed by atoms with Crippen LogP contribution in [0, 0.1) is 7.43 Å². The van der Waals surface area contributed by atoms with Crippen molar-refractivity contribution in [3.05, 3.63) is 7.43 Å². The van der Waals surface area contributed by atoms with Crippen molar-refractivity contribution in [2.24, 2.45) is 0 Å². The van der Waals surface area contributed by atoms with Crippen molar-refractivity contribution in [1.82, 2.24) is 0 Å². The SMILES string of the molecule is CC.[CH3-].[V]. The van der Waals surface area contributed by atoms with Gasteiger partial charge in [-0.25, -0.2) is 0 Å². The summed E-state index contributed by atoms with van der Waals surface area (Å²) in [6, 6.07) is 0. The fourth-order valence-electron chi connectivity index (χ4n) is 0. The van der Waals surface area contributed by atoms with E-state index >= 15 is 0 Å². The summed E-state index contributed by atoms with van der Waals surface area (Å²) in [5.74, 6) is 0. The van der Waals surface area contributed by atoms with Gasteiger partial charge in [0.25, 0.3) is 0 Å². The van der Waals surface area contributed by atoms with E-state index in [1.54, 1.807) is 0 Å². The van der Waals surface area contributed by atoms with Crippen molar-refractivity contribution < 1.29 is 18.6 Å². The molecule has 0 saturated heterocycles. The minimum atomic E-state index is 0. The van der Waals surface area contributed by atoms with E-state index in [1.807, 2.05) is 13.8 Å². The van der Waals surface area contributed by atoms with Crippen molar-refractivity contribution in [2.75, 3.05) is 0 Å². The summed E-state index contributed by atoms with van der Waals surface area (Å²) in [6.45, 7) is 4.00. The maximum Gasteiger partial charge on any atom is 0 e. The minimum Gasteiger partial charge on any atom is -0.358 e. The Bertz CT molecular complexity index is 3.25. The van der Waals surface area contributed by atoms with Crippen LogP contribution in [-0.4, -0.2) is 0 Å². The van der Waals surface area contributed by atoms with Gasteiger partial charge < -0.3 is 7.43 Å². The zero-order chi connectivity index (χ0) is 2.00. The number of rotatable bonds is 0. The molecule has 0 amide bonds. The molecule has 1 heteroatoms. The second kappa shape index (κ2) is 70.1. The molecule has 0 N–H and O–H groups in total. The van der Waals surface area contributed by atoms with Crippen LogP contribution < -0.4 is 0 Å². The maximum atomic E-state index is 2.00. The van der Waals surface area contributed by atoms with Crippen LogP contribution in [0.5, 0.6) is 0 Å². The Hall–Kier alpha value is 0.584. The molecule has 0 nitrogen and oxygen atoms in total. The van der Waals surface area contributed by atoms with Crippen molar-refractivity contribution in [1.29, 1.82) is 0 Å². The molecule has 0 aliphatic carbocycles. The molecule has 0 spiro atoms. The first kappa shape index (κ1) is 23.5. The fraction of sp³-hybridized carbons (Fsp3) is 0.667. The van der Waals surface area contributed by atoms with Crippen LogP contribution in [-0.2, 0) is 18.6 Å². The number of hydrogen-bond acceptors (Lipinski definition) is 0. The molecule has 0 fully saturated rings. The Morgan fingerprint density at radius 1 is 1.00 bits per heavy atom. The van der Waals surface area contributed by atoms with Gasteiger partial charge in [-0.2, -0.15) is 0 Å². The van der Waals surface area contributed by atoms with E-state index in [0.29, 0.717) is 0 Å². The smallest absolute Gasteiger partial charge is 0 e. The Balaban J connectivity index is -0.00000000500. The second-order valence-corrected chi connectivity index (χ2v) is 0. The van der Waals surface area contributed by atoms with Gasteiger partial charge in [0.1, 0.15) is 0 Å². The molecule has 1 radical (unpaired) electrons. The minimum absolute atomic E-state index is 0. The molecule has 0 bridgehead atoms. The van der Waals surface area contributed by atoms with E-state index in [9.17, 15) is 0 Å². The zero-order valence-corrected chi connectivity index (χ0v) is 4.84. The molecule has 0 rings (SSSR count). The van der Waals surface area contributed by atoms with Gasteiger partial charge in [-0.05, 0) is 0 Å². The molecule has 0 saturated carbocycles. The predicted molar refractivity (Wildman–Crippen MR) is 17.8 cm³/mol. The zero-order valence-electron chi connectivity index (χ0n) is 3.45. The van der Waals surface area contributed by atoms with Crippen molar-refractivity contribution in [3.63, 3.8) is 0 Å². The van der Waals surface area contributed by atoms with Crippen molar-refractivity contribution in [3.8, 4) is 0 Å². The first-order valence-electron chi connectivity index (χ1n) is 1.00. The predicted octanol–water partition coefficient (Wildman–Crippen LogP) is 1.47. The van der Waals surface area contributed by atoms with Crippen LogP contribution in [0.1, 0.15) is 13.8 Å². The summed E-state index contributed by atoms with van der Waals surface area (Å²) < 4.78 is 0. The van der Waals surface area contributed by atoms with Gasteiger partial charge in [0.2, 0.25) is 0 Å². The summed E-state index contributed by atoms with van der Waals surface area (Å²) in [5, 5.41) is 0. The molecule has 0 atom stereocenters. The second-order valence-electron chi connectivity index (χ2n) is 0. The van der Waals surface area contributed by atoms with Crippen LogP contribution in [0.4, 0.5) is 0 Å². The first-order chi connectivity index (χ1) is 1.00. The van der Waals surface area contributed by atoms with Gasteiger partial charge in [-0.3, -0.25) is 0 Å². The standard InChI is InChI=1S/C2H6.CH3.V/c1-2;;/h1-2H3;1H3;/q;-1;. The van der Waals surface area contributed by atoms with Crippen LogP contribution in [0.2, 0.25) is 0 Å². The summed E-state index contributed by atoms with van der Waals surface area (Å²) in [4.78, 5) is 0. The van der Waals surface area contributed by atoms with Crippen LogP contribution in [0.25, 0.3) is 0 Å². The molecular formula is C3H9V-. The third kappa shape index (κ3) is 19.0. The molecule has 0 aromatic rings. The average molecular weight is 96.0 g/mol. The van der Waals surface area contributed by atoms with Crippen molar-refractivity contribution >= 4 is 0 Å². The molecule has 0 aliphatic heterocycles. The van der Waals surface area contributed by atoms with Gasteiger partial charge >= 0.3 is 0 Å². The van der Waals surface area contributed by atoms with E-state index in [2.05, 4.69) is 0 Å². The molecular weight excluding hydrogens is 87.0 g/mol. The summed E-state index contributed by atoms with van der Waals surface area (Å²) in [6.07, 6.45) is 0. The van der Waals surface area contributed by atoms with E-state index in [-0.39, 0.29) is 26.0 Å². The van der Waals surface area contributed by atoms with Crippen LogP contribution in [0.15, 0.2) is 0 Å². The molecule has 4 heavy (non-hydrogen) atoms. The Labute approximate surface area is 40.5 Å². The molecule has 27 valence electrons. The third-order valence-electron chi connectivity index (χ3n) is 0. The summed E-state index contributed by atoms with van der Waals surface area (Å²) >= 11 is 0. The molecule has 0 aliphatic rings. The van der Waals surface area contributed by atoms with Gasteiger partial charge in [-0.15, -0.1) is 0 Å².